The number of halogens is 3. The topological polar surface area (TPSA) is 182 Å². The Morgan fingerprint density at radius 2 is 1.89 bits per heavy atom. The number of benzene rings is 1. The molecule has 0 fully saturated rings. The number of anilines is 1. The molecule has 0 saturated heterocycles. The monoisotopic (exact) mass is 709 g/mol. The maximum atomic E-state index is 12.9. The highest BCUT2D eigenvalue weighted by molar-refractivity contribution is 7.15. The van der Waals surface area contributed by atoms with Crippen LogP contribution in [-0.2, 0) is 36.6 Å². The van der Waals surface area contributed by atoms with Crippen molar-refractivity contribution in [1.29, 1.82) is 0 Å². The van der Waals surface area contributed by atoms with Crippen LogP contribution in [0, 0.1) is 0 Å². The van der Waals surface area contributed by atoms with Gasteiger partial charge in [-0.15, -0.1) is 36.2 Å². The zero-order chi connectivity index (χ0) is 30.6. The second kappa shape index (κ2) is 21.4. The van der Waals surface area contributed by atoms with Crippen LogP contribution in [0.5, 0.6) is 0 Å². The number of nitrogens with one attached hydrogen (secondary N) is 2. The van der Waals surface area contributed by atoms with Crippen molar-refractivity contribution in [2.45, 2.75) is 58.4 Å². The Bertz CT molecular complexity index is 1310. The van der Waals surface area contributed by atoms with E-state index in [4.69, 9.17) is 37.3 Å². The lowest BCUT2D eigenvalue weighted by Gasteiger charge is -2.31. The summed E-state index contributed by atoms with van der Waals surface area (Å²) in [5.74, 6) is -1.86. The number of carbonyl (C=O) groups excluding carboxylic acids is 2. The number of aromatic nitrogens is 1. The minimum atomic E-state index is -0.752. The van der Waals surface area contributed by atoms with E-state index in [-0.39, 0.29) is 49.1 Å². The van der Waals surface area contributed by atoms with Gasteiger partial charge in [0.25, 0.3) is 0 Å². The van der Waals surface area contributed by atoms with Gasteiger partial charge in [-0.2, -0.15) is 0 Å². The van der Waals surface area contributed by atoms with Gasteiger partial charge in [0, 0.05) is 28.2 Å². The molecular weight excluding hydrogens is 665 g/mol. The minimum absolute atomic E-state index is 0. The van der Waals surface area contributed by atoms with E-state index < -0.39 is 17.9 Å². The SMILES string of the molecule is CCCN[C@H]1CCc2nc(N)sc2C1.CCOC(=O)C1=C(COCCN)NC(C)=C(C(=O)OC)C1c1ccccc1Cl.Cl.Cl.O. The highest BCUT2D eigenvalue weighted by Gasteiger charge is 2.39. The van der Waals surface area contributed by atoms with Crippen LogP contribution in [0.25, 0.3) is 0 Å². The van der Waals surface area contributed by atoms with Gasteiger partial charge in [-0.25, -0.2) is 14.6 Å². The molecule has 0 bridgehead atoms. The Labute approximate surface area is 286 Å². The lowest BCUT2D eigenvalue weighted by atomic mass is 9.80. The normalized spacial score (nSPS) is 16.8. The third-order valence-corrected chi connectivity index (χ3v) is 8.20. The molecule has 15 heteroatoms. The number of nitrogens with two attached hydrogens (primary N) is 2. The molecule has 0 amide bonds. The Hall–Kier alpha value is -2.42. The van der Waals surface area contributed by atoms with Crippen molar-refractivity contribution in [3.05, 3.63) is 68.0 Å². The molecule has 2 aromatic rings. The van der Waals surface area contributed by atoms with Crippen molar-refractivity contribution in [1.82, 2.24) is 15.6 Å². The molecule has 2 atom stereocenters. The van der Waals surface area contributed by atoms with Crippen molar-refractivity contribution in [2.75, 3.05) is 45.8 Å². The lowest BCUT2D eigenvalue weighted by Crippen LogP contribution is -2.35. The highest BCUT2D eigenvalue weighted by Crippen LogP contribution is 2.41. The predicted octanol–water partition coefficient (Wildman–Crippen LogP) is 3.87. The fourth-order valence-electron chi connectivity index (χ4n) is 5.04. The van der Waals surface area contributed by atoms with Gasteiger partial charge in [-0.3, -0.25) is 0 Å². The number of nitrogens with zero attached hydrogens (tertiary/aromatic N) is 1. The van der Waals surface area contributed by atoms with Crippen molar-refractivity contribution < 1.29 is 29.3 Å². The molecule has 2 heterocycles. The zero-order valence-corrected chi connectivity index (χ0v) is 29.3. The first kappa shape index (κ1) is 42.6. The summed E-state index contributed by atoms with van der Waals surface area (Å²) in [6.07, 6.45) is 4.61. The first-order valence-corrected chi connectivity index (χ1v) is 15.4. The van der Waals surface area contributed by atoms with Gasteiger partial charge in [0.15, 0.2) is 5.13 Å². The highest BCUT2D eigenvalue weighted by atomic mass is 35.5. The number of thiazole rings is 1. The maximum absolute atomic E-state index is 12.9. The Morgan fingerprint density at radius 1 is 1.18 bits per heavy atom. The van der Waals surface area contributed by atoms with Gasteiger partial charge in [0.1, 0.15) is 0 Å². The van der Waals surface area contributed by atoms with Gasteiger partial charge < -0.3 is 41.8 Å². The van der Waals surface area contributed by atoms with Crippen LogP contribution >= 0.6 is 47.8 Å². The first-order chi connectivity index (χ1) is 20.2. The molecule has 1 aliphatic heterocycles. The van der Waals surface area contributed by atoms with Gasteiger partial charge in [-0.05, 0) is 57.7 Å². The van der Waals surface area contributed by atoms with Gasteiger partial charge in [0.2, 0.25) is 0 Å². The number of dihydropyridines is 1. The van der Waals surface area contributed by atoms with E-state index >= 15 is 0 Å². The number of hydrogen-bond donors (Lipinski definition) is 4. The number of allylic oxidation sites excluding steroid dienone is 1. The third-order valence-electron chi connectivity index (χ3n) is 6.91. The average Bonchev–Trinajstić information content (AvgIpc) is 3.35. The summed E-state index contributed by atoms with van der Waals surface area (Å²) in [5.41, 5.74) is 14.6. The first-order valence-electron chi connectivity index (χ1n) is 14.2. The van der Waals surface area contributed by atoms with E-state index in [1.807, 2.05) is 0 Å². The number of fused-ring (bicyclic) bond motifs is 1. The van der Waals surface area contributed by atoms with Crippen molar-refractivity contribution >= 4 is 64.8 Å². The second-order valence-electron chi connectivity index (χ2n) is 9.88. The number of rotatable bonds is 11. The number of esters is 2. The Morgan fingerprint density at radius 3 is 2.51 bits per heavy atom. The van der Waals surface area contributed by atoms with Crippen molar-refractivity contribution in [3.63, 3.8) is 0 Å². The zero-order valence-electron chi connectivity index (χ0n) is 26.1. The standard InChI is InChI=1S/C20H25ClN2O5.C10H17N3S.2ClH.H2O/c1-4-28-20(25)18-15(11-27-10-9-22)23-12(2)16(19(24)26-3)17(18)13-7-5-6-8-14(13)21;1-2-5-12-7-3-4-8-9(6-7)14-10(11)13-8;;;/h5-8,17,23H,4,9-11,22H2,1-3H3;7,12H,2-6H2,1H3,(H2,11,13);2*1H;1H2/t;7-;;;/m.0.../s1. The second-order valence-corrected chi connectivity index (χ2v) is 11.4. The number of nitrogen functional groups attached to an aromatic ring is 1. The van der Waals surface area contributed by atoms with Gasteiger partial charge in [0.05, 0.1) is 55.4 Å². The molecule has 1 aliphatic carbocycles. The Balaban J connectivity index is 0.000000963. The average molecular weight is 711 g/mol. The summed E-state index contributed by atoms with van der Waals surface area (Å²) >= 11 is 8.08. The number of ether oxygens (including phenoxy) is 3. The third kappa shape index (κ3) is 11.4. The lowest BCUT2D eigenvalue weighted by molar-refractivity contribution is -0.139. The summed E-state index contributed by atoms with van der Waals surface area (Å²) < 4.78 is 15.8. The fraction of sp³-hybridized carbons (Fsp3) is 0.500. The fourth-order valence-corrected chi connectivity index (χ4v) is 6.24. The smallest absolute Gasteiger partial charge is 0.336 e. The molecule has 1 aromatic carbocycles. The summed E-state index contributed by atoms with van der Waals surface area (Å²) in [6.45, 7) is 7.74. The van der Waals surface area contributed by atoms with Crippen LogP contribution in [0.4, 0.5) is 5.13 Å². The van der Waals surface area contributed by atoms with E-state index in [9.17, 15) is 9.59 Å². The summed E-state index contributed by atoms with van der Waals surface area (Å²) in [7, 11) is 1.29. The molecule has 45 heavy (non-hydrogen) atoms. The van der Waals surface area contributed by atoms with Crippen molar-refractivity contribution in [2.24, 2.45) is 5.73 Å². The van der Waals surface area contributed by atoms with E-state index in [0.29, 0.717) is 46.7 Å². The number of aryl methyl sites for hydroxylation is 1. The number of hydrogen-bond acceptors (Lipinski definition) is 11. The van der Waals surface area contributed by atoms with Crippen LogP contribution in [0.1, 0.15) is 55.7 Å². The van der Waals surface area contributed by atoms with Crippen molar-refractivity contribution in [3.8, 4) is 0 Å². The van der Waals surface area contributed by atoms with Crippen LogP contribution in [0.3, 0.4) is 0 Å². The number of carbonyl (C=O) groups is 2. The molecule has 4 rings (SSSR count). The molecule has 1 unspecified atom stereocenters. The molecule has 2 aliphatic rings. The van der Waals surface area contributed by atoms with Gasteiger partial charge in [-0.1, -0.05) is 36.7 Å². The molecule has 0 spiro atoms. The minimum Gasteiger partial charge on any atom is -0.466 e. The quantitative estimate of drug-likeness (QED) is 0.197. The Kier molecular flexibility index (Phi) is 20.2. The summed E-state index contributed by atoms with van der Waals surface area (Å²) in [5, 5.41) is 7.81. The molecule has 11 nitrogen and oxygen atoms in total. The molecule has 0 radical (unpaired) electrons. The molecule has 0 saturated carbocycles. The van der Waals surface area contributed by atoms with E-state index in [0.717, 1.165) is 24.5 Å². The largest absolute Gasteiger partial charge is 0.466 e. The van der Waals surface area contributed by atoms with E-state index in [1.54, 1.807) is 49.4 Å². The van der Waals surface area contributed by atoms with Crippen LogP contribution < -0.4 is 22.1 Å². The molecule has 254 valence electrons. The summed E-state index contributed by atoms with van der Waals surface area (Å²) in [4.78, 5) is 31.2. The molecular formula is C30H46Cl3N5O6S. The van der Waals surface area contributed by atoms with E-state index in [2.05, 4.69) is 22.5 Å². The van der Waals surface area contributed by atoms with E-state index in [1.165, 1.54) is 30.5 Å². The molecule has 8 N–H and O–H groups in total. The predicted molar refractivity (Wildman–Crippen MR) is 184 cm³/mol. The molecule has 1 aromatic heterocycles. The number of methoxy groups -OCH3 is 1. The van der Waals surface area contributed by atoms with Crippen LogP contribution in [0.15, 0.2) is 46.8 Å². The summed E-state index contributed by atoms with van der Waals surface area (Å²) in [6, 6.07) is 7.69. The van der Waals surface area contributed by atoms with Crippen LogP contribution in [-0.4, -0.2) is 68.5 Å². The maximum Gasteiger partial charge on any atom is 0.336 e. The van der Waals surface area contributed by atoms with Crippen LogP contribution in [0.2, 0.25) is 5.02 Å². The van der Waals surface area contributed by atoms with Gasteiger partial charge >= 0.3 is 11.9 Å².